The molecule has 0 amide bonds. The molecule has 1 nitrogen and oxygen atoms in total. The van der Waals surface area contributed by atoms with Gasteiger partial charge in [0.15, 0.2) is 11.6 Å². The van der Waals surface area contributed by atoms with Gasteiger partial charge >= 0.3 is 0 Å². The quantitative estimate of drug-likeness (QED) is 0.659. The Hall–Kier alpha value is -1.90. The molecule has 0 aromatic heterocycles. The van der Waals surface area contributed by atoms with Gasteiger partial charge in [-0.05, 0) is 24.1 Å². The van der Waals surface area contributed by atoms with Crippen molar-refractivity contribution in [1.82, 2.24) is 0 Å². The van der Waals surface area contributed by atoms with E-state index in [1.807, 2.05) is 30.3 Å². The molecule has 2 aromatic rings. The summed E-state index contributed by atoms with van der Waals surface area (Å²) in [5.74, 6) is -1.79. The summed E-state index contributed by atoms with van der Waals surface area (Å²) in [6, 6.07) is 12.0. The number of ether oxygens (including phenoxy) is 1. The highest BCUT2D eigenvalue weighted by atomic mass is 19.2. The molecule has 2 aromatic carbocycles. The van der Waals surface area contributed by atoms with Gasteiger partial charge in [0.25, 0.3) is 0 Å². The van der Waals surface area contributed by atoms with E-state index in [4.69, 9.17) is 4.74 Å². The van der Waals surface area contributed by atoms with Crippen LogP contribution in [0.15, 0.2) is 42.5 Å². The molecule has 0 fully saturated rings. The van der Waals surface area contributed by atoms with Gasteiger partial charge in [0.2, 0.25) is 5.82 Å². The van der Waals surface area contributed by atoms with Crippen LogP contribution in [-0.4, -0.2) is 6.61 Å². The molecule has 0 atom stereocenters. The SMILES string of the molecule is CCCCCOc1c(-c2ccccc2)ccc(F)c1F. The van der Waals surface area contributed by atoms with E-state index >= 15 is 0 Å². The van der Waals surface area contributed by atoms with Gasteiger partial charge in [0.05, 0.1) is 6.61 Å². The molecule has 3 heteroatoms. The largest absolute Gasteiger partial charge is 0.490 e. The van der Waals surface area contributed by atoms with E-state index in [2.05, 4.69) is 6.92 Å². The number of halogens is 2. The standard InChI is InChI=1S/C17H18F2O/c1-2-3-7-12-20-17-14(10-11-15(18)16(17)19)13-8-5-4-6-9-13/h4-6,8-11H,2-3,7,12H2,1H3. The highest BCUT2D eigenvalue weighted by molar-refractivity contribution is 5.70. The van der Waals surface area contributed by atoms with Gasteiger partial charge in [-0.15, -0.1) is 0 Å². The smallest absolute Gasteiger partial charge is 0.201 e. The van der Waals surface area contributed by atoms with Crippen molar-refractivity contribution in [1.29, 1.82) is 0 Å². The Morgan fingerprint density at radius 2 is 1.70 bits per heavy atom. The summed E-state index contributed by atoms with van der Waals surface area (Å²) in [6.07, 6.45) is 2.90. The lowest BCUT2D eigenvalue weighted by Crippen LogP contribution is -2.02. The van der Waals surface area contributed by atoms with Crippen LogP contribution >= 0.6 is 0 Å². The third-order valence-corrected chi connectivity index (χ3v) is 3.13. The summed E-state index contributed by atoms with van der Waals surface area (Å²) >= 11 is 0. The third-order valence-electron chi connectivity index (χ3n) is 3.13. The highest BCUT2D eigenvalue weighted by Crippen LogP contribution is 2.33. The molecule has 0 aliphatic rings. The Morgan fingerprint density at radius 3 is 2.40 bits per heavy atom. The molecule has 0 saturated heterocycles. The number of rotatable bonds is 6. The molecule has 0 aliphatic carbocycles. The van der Waals surface area contributed by atoms with Crippen molar-refractivity contribution in [3.8, 4) is 16.9 Å². The first-order valence-electron chi connectivity index (χ1n) is 6.90. The fourth-order valence-electron chi connectivity index (χ4n) is 2.04. The lowest BCUT2D eigenvalue weighted by molar-refractivity contribution is 0.287. The summed E-state index contributed by atoms with van der Waals surface area (Å²) in [7, 11) is 0. The fraction of sp³-hybridized carbons (Fsp3) is 0.294. The maximum absolute atomic E-state index is 14.0. The van der Waals surface area contributed by atoms with Gasteiger partial charge in [-0.2, -0.15) is 4.39 Å². The third kappa shape index (κ3) is 3.35. The summed E-state index contributed by atoms with van der Waals surface area (Å²) < 4.78 is 32.8. The predicted molar refractivity (Wildman–Crippen MR) is 76.8 cm³/mol. The fourth-order valence-corrected chi connectivity index (χ4v) is 2.04. The van der Waals surface area contributed by atoms with E-state index < -0.39 is 11.6 Å². The number of unbranched alkanes of at least 4 members (excludes halogenated alkanes) is 2. The van der Waals surface area contributed by atoms with Crippen molar-refractivity contribution >= 4 is 0 Å². The number of hydrogen-bond donors (Lipinski definition) is 0. The van der Waals surface area contributed by atoms with Crippen LogP contribution in [-0.2, 0) is 0 Å². The average Bonchev–Trinajstić information content (AvgIpc) is 2.48. The lowest BCUT2D eigenvalue weighted by atomic mass is 10.0. The molecule has 0 saturated carbocycles. The zero-order valence-corrected chi connectivity index (χ0v) is 11.5. The molecule has 106 valence electrons. The van der Waals surface area contributed by atoms with E-state index in [0.717, 1.165) is 30.9 Å². The number of benzene rings is 2. The Balaban J connectivity index is 2.29. The average molecular weight is 276 g/mol. The summed E-state index contributed by atoms with van der Waals surface area (Å²) in [4.78, 5) is 0. The summed E-state index contributed by atoms with van der Waals surface area (Å²) in [5.41, 5.74) is 1.40. The van der Waals surface area contributed by atoms with Crippen LogP contribution in [0.4, 0.5) is 8.78 Å². The molecular weight excluding hydrogens is 258 g/mol. The van der Waals surface area contributed by atoms with Gasteiger partial charge in [0.1, 0.15) is 0 Å². The van der Waals surface area contributed by atoms with Gasteiger partial charge < -0.3 is 4.74 Å². The first kappa shape index (κ1) is 14.5. The highest BCUT2D eigenvalue weighted by Gasteiger charge is 2.16. The van der Waals surface area contributed by atoms with Crippen LogP contribution in [0.3, 0.4) is 0 Å². The minimum Gasteiger partial charge on any atom is -0.490 e. The zero-order chi connectivity index (χ0) is 14.4. The number of hydrogen-bond acceptors (Lipinski definition) is 1. The second kappa shape index (κ2) is 7.04. The van der Waals surface area contributed by atoms with Crippen LogP contribution in [0.5, 0.6) is 5.75 Å². The Labute approximate surface area is 118 Å². The van der Waals surface area contributed by atoms with Crippen LogP contribution in [0.1, 0.15) is 26.2 Å². The van der Waals surface area contributed by atoms with Gasteiger partial charge in [-0.3, -0.25) is 0 Å². The molecule has 0 heterocycles. The Kier molecular flexibility index (Phi) is 5.10. The Bertz CT molecular complexity index is 552. The lowest BCUT2D eigenvalue weighted by Gasteiger charge is -2.13. The summed E-state index contributed by atoms with van der Waals surface area (Å²) in [6.45, 7) is 2.48. The van der Waals surface area contributed by atoms with E-state index in [-0.39, 0.29) is 5.75 Å². The minimum absolute atomic E-state index is 0.00676. The first-order valence-corrected chi connectivity index (χ1v) is 6.90. The van der Waals surface area contributed by atoms with Crippen LogP contribution < -0.4 is 4.74 Å². The Morgan fingerprint density at radius 1 is 0.950 bits per heavy atom. The maximum atomic E-state index is 14.0. The van der Waals surface area contributed by atoms with E-state index in [9.17, 15) is 8.78 Å². The second-order valence-corrected chi connectivity index (χ2v) is 4.66. The predicted octanol–water partition coefficient (Wildman–Crippen LogP) is 5.20. The van der Waals surface area contributed by atoms with Crippen LogP contribution in [0.25, 0.3) is 11.1 Å². The van der Waals surface area contributed by atoms with E-state index in [0.29, 0.717) is 12.2 Å². The van der Waals surface area contributed by atoms with Crippen molar-refractivity contribution in [2.45, 2.75) is 26.2 Å². The normalized spacial score (nSPS) is 10.6. The van der Waals surface area contributed by atoms with Gasteiger partial charge in [0, 0.05) is 5.56 Å². The van der Waals surface area contributed by atoms with Crippen molar-refractivity contribution in [2.24, 2.45) is 0 Å². The van der Waals surface area contributed by atoms with Crippen LogP contribution in [0, 0.1) is 11.6 Å². The molecule has 0 unspecified atom stereocenters. The zero-order valence-electron chi connectivity index (χ0n) is 11.5. The van der Waals surface area contributed by atoms with Crippen LogP contribution in [0.2, 0.25) is 0 Å². The van der Waals surface area contributed by atoms with Gasteiger partial charge in [-0.25, -0.2) is 4.39 Å². The molecule has 2 rings (SSSR count). The molecule has 0 N–H and O–H groups in total. The van der Waals surface area contributed by atoms with E-state index in [1.54, 1.807) is 6.07 Å². The topological polar surface area (TPSA) is 9.23 Å². The van der Waals surface area contributed by atoms with Crippen molar-refractivity contribution < 1.29 is 13.5 Å². The summed E-state index contributed by atoms with van der Waals surface area (Å²) in [5, 5.41) is 0. The first-order chi connectivity index (χ1) is 9.74. The van der Waals surface area contributed by atoms with E-state index in [1.165, 1.54) is 0 Å². The molecular formula is C17H18F2O. The van der Waals surface area contributed by atoms with Crippen molar-refractivity contribution in [3.05, 3.63) is 54.1 Å². The second-order valence-electron chi connectivity index (χ2n) is 4.66. The van der Waals surface area contributed by atoms with Crippen molar-refractivity contribution in [3.63, 3.8) is 0 Å². The molecule has 0 aliphatic heterocycles. The molecule has 20 heavy (non-hydrogen) atoms. The van der Waals surface area contributed by atoms with Gasteiger partial charge in [-0.1, -0.05) is 50.1 Å². The molecule has 0 radical (unpaired) electrons. The maximum Gasteiger partial charge on any atom is 0.201 e. The van der Waals surface area contributed by atoms with Crippen molar-refractivity contribution in [2.75, 3.05) is 6.61 Å². The minimum atomic E-state index is -0.914. The monoisotopic (exact) mass is 276 g/mol. The molecule has 0 spiro atoms. The molecule has 0 bridgehead atoms.